The molecule has 0 atom stereocenters. The minimum atomic E-state index is -0.452. The Morgan fingerprint density at radius 1 is 0.786 bits per heavy atom. The molecule has 4 nitrogen and oxygen atoms in total. The number of nitrogens with one attached hydrogen (secondary N) is 2. The summed E-state index contributed by atoms with van der Waals surface area (Å²) in [5.41, 5.74) is 3.97. The second kappa shape index (κ2) is 9.51. The number of carbonyl (C=O) groups is 2. The summed E-state index contributed by atoms with van der Waals surface area (Å²) in [5, 5.41) is 5.62. The number of rotatable bonds is 7. The van der Waals surface area contributed by atoms with Crippen LogP contribution in [0, 0.1) is 6.92 Å². The molecule has 0 unspecified atom stereocenters. The Hall–Kier alpha value is -3.40. The number of amides is 2. The SMILES string of the molecule is Cc1cccc(CNC(=O)CNC(=O)C(c2ccccc2)c2ccccc2)c1. The fourth-order valence-corrected chi connectivity index (χ4v) is 3.14. The summed E-state index contributed by atoms with van der Waals surface area (Å²) in [6.07, 6.45) is 0. The third-order valence-electron chi connectivity index (χ3n) is 4.52. The minimum absolute atomic E-state index is 0.0547. The van der Waals surface area contributed by atoms with E-state index >= 15 is 0 Å². The average Bonchev–Trinajstić information content (AvgIpc) is 2.72. The maximum Gasteiger partial charge on any atom is 0.239 e. The van der Waals surface area contributed by atoms with Crippen LogP contribution in [0.25, 0.3) is 0 Å². The van der Waals surface area contributed by atoms with Crippen molar-refractivity contribution in [1.82, 2.24) is 10.6 Å². The molecule has 0 fully saturated rings. The van der Waals surface area contributed by atoms with Crippen LogP contribution in [-0.4, -0.2) is 18.4 Å². The highest BCUT2D eigenvalue weighted by molar-refractivity contribution is 5.90. The molecule has 0 heterocycles. The summed E-state index contributed by atoms with van der Waals surface area (Å²) in [6, 6.07) is 27.1. The van der Waals surface area contributed by atoms with Gasteiger partial charge >= 0.3 is 0 Å². The lowest BCUT2D eigenvalue weighted by atomic mass is 9.90. The van der Waals surface area contributed by atoms with Crippen LogP contribution >= 0.6 is 0 Å². The van der Waals surface area contributed by atoms with E-state index in [1.54, 1.807) is 0 Å². The highest BCUT2D eigenvalue weighted by atomic mass is 16.2. The van der Waals surface area contributed by atoms with E-state index in [0.717, 1.165) is 22.3 Å². The molecule has 0 saturated carbocycles. The van der Waals surface area contributed by atoms with Crippen molar-refractivity contribution in [3.05, 3.63) is 107 Å². The van der Waals surface area contributed by atoms with Crippen LogP contribution in [0.3, 0.4) is 0 Å². The zero-order chi connectivity index (χ0) is 19.8. The zero-order valence-electron chi connectivity index (χ0n) is 15.9. The molecule has 0 bridgehead atoms. The van der Waals surface area contributed by atoms with Crippen LogP contribution in [0.4, 0.5) is 0 Å². The van der Waals surface area contributed by atoms with Crippen molar-refractivity contribution in [3.8, 4) is 0 Å². The molecule has 0 aliphatic heterocycles. The van der Waals surface area contributed by atoms with E-state index in [-0.39, 0.29) is 18.4 Å². The van der Waals surface area contributed by atoms with Crippen molar-refractivity contribution in [2.24, 2.45) is 0 Å². The Bertz CT molecular complexity index is 884. The van der Waals surface area contributed by atoms with E-state index in [9.17, 15) is 9.59 Å². The van der Waals surface area contributed by atoms with Crippen LogP contribution in [0.2, 0.25) is 0 Å². The number of benzene rings is 3. The third kappa shape index (κ3) is 5.30. The lowest BCUT2D eigenvalue weighted by molar-refractivity contribution is -0.126. The molecule has 0 aromatic heterocycles. The summed E-state index contributed by atoms with van der Waals surface area (Å²) < 4.78 is 0. The molecular weight excluding hydrogens is 348 g/mol. The van der Waals surface area contributed by atoms with Crippen molar-refractivity contribution in [2.75, 3.05) is 6.54 Å². The molecule has 2 N–H and O–H groups in total. The molecular formula is C24H24N2O2. The molecule has 0 radical (unpaired) electrons. The van der Waals surface area contributed by atoms with Gasteiger partial charge in [-0.15, -0.1) is 0 Å². The monoisotopic (exact) mass is 372 g/mol. The van der Waals surface area contributed by atoms with E-state index in [1.165, 1.54) is 0 Å². The normalized spacial score (nSPS) is 10.5. The van der Waals surface area contributed by atoms with Crippen molar-refractivity contribution in [2.45, 2.75) is 19.4 Å². The number of carbonyl (C=O) groups excluding carboxylic acids is 2. The molecule has 0 saturated heterocycles. The summed E-state index contributed by atoms with van der Waals surface area (Å²) in [6.45, 7) is 2.40. The second-order valence-corrected chi connectivity index (χ2v) is 6.74. The van der Waals surface area contributed by atoms with Gasteiger partial charge in [0.05, 0.1) is 12.5 Å². The topological polar surface area (TPSA) is 58.2 Å². The van der Waals surface area contributed by atoms with Gasteiger partial charge in [-0.2, -0.15) is 0 Å². The lowest BCUT2D eigenvalue weighted by Gasteiger charge is -2.18. The quantitative estimate of drug-likeness (QED) is 0.666. The molecule has 3 aromatic rings. The average molecular weight is 372 g/mol. The van der Waals surface area contributed by atoms with Crippen LogP contribution in [0.1, 0.15) is 28.2 Å². The lowest BCUT2D eigenvalue weighted by Crippen LogP contribution is -2.39. The molecule has 0 aliphatic carbocycles. The Kier molecular flexibility index (Phi) is 6.58. The van der Waals surface area contributed by atoms with Gasteiger partial charge in [0.15, 0.2) is 0 Å². The molecule has 2 amide bonds. The van der Waals surface area contributed by atoms with E-state index in [0.29, 0.717) is 6.54 Å². The largest absolute Gasteiger partial charge is 0.350 e. The Labute approximate surface area is 165 Å². The van der Waals surface area contributed by atoms with Gasteiger partial charge in [0.2, 0.25) is 11.8 Å². The summed E-state index contributed by atoms with van der Waals surface area (Å²) >= 11 is 0. The van der Waals surface area contributed by atoms with E-state index in [4.69, 9.17) is 0 Å². The summed E-state index contributed by atoms with van der Waals surface area (Å²) in [5.74, 6) is -0.857. The van der Waals surface area contributed by atoms with Crippen molar-refractivity contribution in [1.29, 1.82) is 0 Å². The van der Waals surface area contributed by atoms with Crippen molar-refractivity contribution in [3.63, 3.8) is 0 Å². The number of aryl methyl sites for hydroxylation is 1. The first-order chi connectivity index (χ1) is 13.6. The Morgan fingerprint density at radius 2 is 1.39 bits per heavy atom. The number of hydrogen-bond donors (Lipinski definition) is 2. The Morgan fingerprint density at radius 3 is 1.96 bits per heavy atom. The fourth-order valence-electron chi connectivity index (χ4n) is 3.14. The maximum absolute atomic E-state index is 12.9. The smallest absolute Gasteiger partial charge is 0.239 e. The molecule has 28 heavy (non-hydrogen) atoms. The van der Waals surface area contributed by atoms with E-state index in [2.05, 4.69) is 10.6 Å². The summed E-state index contributed by atoms with van der Waals surface area (Å²) in [4.78, 5) is 25.1. The molecule has 0 aliphatic rings. The van der Waals surface area contributed by atoms with Gasteiger partial charge in [0, 0.05) is 6.54 Å². The zero-order valence-corrected chi connectivity index (χ0v) is 15.9. The van der Waals surface area contributed by atoms with E-state index in [1.807, 2.05) is 91.9 Å². The molecule has 142 valence electrons. The van der Waals surface area contributed by atoms with Gasteiger partial charge in [-0.3, -0.25) is 9.59 Å². The van der Waals surface area contributed by atoms with Gasteiger partial charge in [-0.05, 0) is 23.6 Å². The minimum Gasteiger partial charge on any atom is -0.350 e. The van der Waals surface area contributed by atoms with Crippen LogP contribution in [-0.2, 0) is 16.1 Å². The molecule has 4 heteroatoms. The second-order valence-electron chi connectivity index (χ2n) is 6.74. The first kappa shape index (κ1) is 19.4. The van der Waals surface area contributed by atoms with Gasteiger partial charge in [-0.1, -0.05) is 90.5 Å². The van der Waals surface area contributed by atoms with Gasteiger partial charge in [0.1, 0.15) is 0 Å². The predicted molar refractivity (Wildman–Crippen MR) is 111 cm³/mol. The first-order valence-electron chi connectivity index (χ1n) is 9.33. The third-order valence-corrected chi connectivity index (χ3v) is 4.52. The van der Waals surface area contributed by atoms with E-state index < -0.39 is 5.92 Å². The molecule has 3 rings (SSSR count). The van der Waals surface area contributed by atoms with Crippen LogP contribution < -0.4 is 10.6 Å². The number of hydrogen-bond acceptors (Lipinski definition) is 2. The standard InChI is InChI=1S/C24H24N2O2/c1-18-9-8-10-19(15-18)16-25-22(27)17-26-24(28)23(20-11-4-2-5-12-20)21-13-6-3-7-14-21/h2-15,23H,16-17H2,1H3,(H,25,27)(H,26,28). The molecule has 0 spiro atoms. The van der Waals surface area contributed by atoms with Gasteiger partial charge < -0.3 is 10.6 Å². The van der Waals surface area contributed by atoms with Crippen LogP contribution in [0.5, 0.6) is 0 Å². The fraction of sp³-hybridized carbons (Fsp3) is 0.167. The first-order valence-corrected chi connectivity index (χ1v) is 9.33. The van der Waals surface area contributed by atoms with Gasteiger partial charge in [0.25, 0.3) is 0 Å². The highest BCUT2D eigenvalue weighted by Crippen LogP contribution is 2.24. The highest BCUT2D eigenvalue weighted by Gasteiger charge is 2.22. The van der Waals surface area contributed by atoms with Gasteiger partial charge in [-0.25, -0.2) is 0 Å². The van der Waals surface area contributed by atoms with Crippen molar-refractivity contribution >= 4 is 11.8 Å². The van der Waals surface area contributed by atoms with Crippen LogP contribution in [0.15, 0.2) is 84.9 Å². The summed E-state index contributed by atoms with van der Waals surface area (Å²) in [7, 11) is 0. The Balaban J connectivity index is 1.61. The predicted octanol–water partition coefficient (Wildman–Crippen LogP) is 3.56. The maximum atomic E-state index is 12.9. The van der Waals surface area contributed by atoms with Crippen molar-refractivity contribution < 1.29 is 9.59 Å². The molecule has 3 aromatic carbocycles.